The van der Waals surface area contributed by atoms with E-state index in [9.17, 15) is 8.42 Å². The monoisotopic (exact) mass is 328 g/mol. The van der Waals surface area contributed by atoms with Gasteiger partial charge in [0.1, 0.15) is 6.10 Å². The third-order valence-electron chi connectivity index (χ3n) is 3.98. The summed E-state index contributed by atoms with van der Waals surface area (Å²) in [5, 5.41) is -0.346. The van der Waals surface area contributed by atoms with Gasteiger partial charge in [-0.1, -0.05) is 6.07 Å². The molecule has 0 N–H and O–H groups in total. The van der Waals surface area contributed by atoms with Gasteiger partial charge >= 0.3 is 0 Å². The van der Waals surface area contributed by atoms with Crippen molar-refractivity contribution < 1.29 is 13.2 Å². The molecule has 5 nitrogen and oxygen atoms in total. The highest BCUT2D eigenvalue weighted by molar-refractivity contribution is 8.01. The molecular formula is C14H20N2O3S2. The quantitative estimate of drug-likeness (QED) is 0.843. The van der Waals surface area contributed by atoms with Crippen LogP contribution in [0.4, 0.5) is 0 Å². The van der Waals surface area contributed by atoms with Gasteiger partial charge in [0, 0.05) is 42.3 Å². The molecule has 2 aliphatic heterocycles. The summed E-state index contributed by atoms with van der Waals surface area (Å²) >= 11 is 1.83. The molecule has 0 amide bonds. The molecule has 1 aromatic heterocycles. The van der Waals surface area contributed by atoms with Gasteiger partial charge in [-0.25, -0.2) is 13.4 Å². The lowest BCUT2D eigenvalue weighted by Gasteiger charge is -2.46. The molecule has 1 aromatic rings. The molecule has 0 unspecified atom stereocenters. The van der Waals surface area contributed by atoms with Gasteiger partial charge in [-0.05, 0) is 19.9 Å². The maximum atomic E-state index is 12.1. The van der Waals surface area contributed by atoms with E-state index in [2.05, 4.69) is 4.98 Å². The number of hydrogen-bond donors (Lipinski definition) is 0. The third kappa shape index (κ3) is 2.91. The van der Waals surface area contributed by atoms with E-state index in [0.717, 1.165) is 12.2 Å². The Hall–Kier alpha value is -0.790. The second kappa shape index (κ2) is 5.44. The maximum Gasteiger partial charge on any atom is 0.216 e. The molecule has 3 heterocycles. The average Bonchev–Trinajstić information content (AvgIpc) is 2.82. The first-order valence-corrected chi connectivity index (χ1v) is 9.61. The van der Waals surface area contributed by atoms with Crippen LogP contribution in [-0.2, 0) is 10.0 Å². The van der Waals surface area contributed by atoms with E-state index in [1.165, 1.54) is 0 Å². The summed E-state index contributed by atoms with van der Waals surface area (Å²) in [5.41, 5.74) is 0. The molecule has 0 saturated carbocycles. The molecule has 0 aliphatic carbocycles. The molecule has 0 radical (unpaired) electrons. The van der Waals surface area contributed by atoms with Gasteiger partial charge in [0.05, 0.1) is 5.25 Å². The Morgan fingerprint density at radius 1 is 1.43 bits per heavy atom. The van der Waals surface area contributed by atoms with Crippen molar-refractivity contribution in [3.05, 3.63) is 24.4 Å². The van der Waals surface area contributed by atoms with Crippen LogP contribution in [0.25, 0.3) is 0 Å². The minimum absolute atomic E-state index is 0.0431. The standard InChI is InChI=1S/C14H20N2O3S2/c1-11(2)21(17,18)16-9-14(10-16)7-12(8-20-14)19-13-5-3-4-6-15-13/h3-6,11-12H,7-10H2,1-2H3/t12-/m1/s1. The van der Waals surface area contributed by atoms with Gasteiger partial charge in [-0.2, -0.15) is 4.31 Å². The first kappa shape index (κ1) is 15.1. The van der Waals surface area contributed by atoms with Crippen molar-refractivity contribution in [2.24, 2.45) is 0 Å². The summed E-state index contributed by atoms with van der Waals surface area (Å²) in [6.45, 7) is 4.69. The second-order valence-corrected chi connectivity index (χ2v) is 9.94. The van der Waals surface area contributed by atoms with Gasteiger partial charge in [0.15, 0.2) is 0 Å². The van der Waals surface area contributed by atoms with Crippen LogP contribution in [-0.4, -0.2) is 52.7 Å². The van der Waals surface area contributed by atoms with E-state index >= 15 is 0 Å². The summed E-state index contributed by atoms with van der Waals surface area (Å²) in [6, 6.07) is 5.62. The van der Waals surface area contributed by atoms with Crippen molar-refractivity contribution in [2.75, 3.05) is 18.8 Å². The molecule has 0 bridgehead atoms. The Labute approximate surface area is 130 Å². The molecule has 116 valence electrons. The van der Waals surface area contributed by atoms with Gasteiger partial charge in [0.25, 0.3) is 0 Å². The van der Waals surface area contributed by atoms with E-state index in [-0.39, 0.29) is 16.1 Å². The molecule has 2 fully saturated rings. The lowest BCUT2D eigenvalue weighted by atomic mass is 9.95. The van der Waals surface area contributed by atoms with Gasteiger partial charge in [-0.3, -0.25) is 0 Å². The predicted octanol–water partition coefficient (Wildman–Crippen LogP) is 1.76. The Morgan fingerprint density at radius 3 is 2.81 bits per heavy atom. The lowest BCUT2D eigenvalue weighted by molar-refractivity contribution is 0.155. The fourth-order valence-corrected chi connectivity index (χ4v) is 5.90. The average molecular weight is 328 g/mol. The smallest absolute Gasteiger partial charge is 0.216 e. The predicted molar refractivity (Wildman–Crippen MR) is 84.1 cm³/mol. The Bertz CT molecular complexity index is 598. The summed E-state index contributed by atoms with van der Waals surface area (Å²) < 4.78 is 31.7. The molecule has 0 aromatic carbocycles. The molecule has 2 saturated heterocycles. The summed E-state index contributed by atoms with van der Waals surface area (Å²) in [7, 11) is -3.11. The minimum atomic E-state index is -3.11. The van der Waals surface area contributed by atoms with Crippen molar-refractivity contribution in [1.29, 1.82) is 0 Å². The number of aromatic nitrogens is 1. The van der Waals surface area contributed by atoms with E-state index in [1.54, 1.807) is 24.3 Å². The molecule has 2 aliphatic rings. The lowest BCUT2D eigenvalue weighted by Crippen LogP contribution is -2.61. The van der Waals surface area contributed by atoms with Crippen LogP contribution in [0.2, 0.25) is 0 Å². The fraction of sp³-hybridized carbons (Fsp3) is 0.643. The molecule has 1 atom stereocenters. The van der Waals surface area contributed by atoms with Crippen molar-refractivity contribution in [3.63, 3.8) is 0 Å². The fourth-order valence-electron chi connectivity index (χ4n) is 2.76. The van der Waals surface area contributed by atoms with Crippen LogP contribution < -0.4 is 4.74 Å². The second-order valence-electron chi connectivity index (χ2n) is 5.97. The summed E-state index contributed by atoms with van der Waals surface area (Å²) in [4.78, 5) is 4.17. The zero-order chi connectivity index (χ0) is 15.1. The van der Waals surface area contributed by atoms with Crippen LogP contribution in [0.5, 0.6) is 5.88 Å². The zero-order valence-corrected chi connectivity index (χ0v) is 13.9. The molecular weight excluding hydrogens is 308 g/mol. The van der Waals surface area contributed by atoms with Crippen LogP contribution in [0.15, 0.2) is 24.4 Å². The van der Waals surface area contributed by atoms with Crippen LogP contribution in [0.3, 0.4) is 0 Å². The Balaban J connectivity index is 1.57. The number of ether oxygens (including phenoxy) is 1. The molecule has 1 spiro atoms. The first-order chi connectivity index (χ1) is 9.91. The summed E-state index contributed by atoms with van der Waals surface area (Å²) in [6.07, 6.45) is 2.72. The highest BCUT2D eigenvalue weighted by Crippen LogP contribution is 2.47. The number of nitrogens with zero attached hydrogens (tertiary/aromatic N) is 2. The van der Waals surface area contributed by atoms with Gasteiger partial charge in [0.2, 0.25) is 15.9 Å². The normalized spacial score (nSPS) is 25.2. The largest absolute Gasteiger partial charge is 0.473 e. The molecule has 7 heteroatoms. The number of pyridine rings is 1. The number of rotatable bonds is 4. The minimum Gasteiger partial charge on any atom is -0.473 e. The molecule has 21 heavy (non-hydrogen) atoms. The number of sulfonamides is 1. The summed E-state index contributed by atoms with van der Waals surface area (Å²) in [5.74, 6) is 1.54. The van der Waals surface area contributed by atoms with Crippen molar-refractivity contribution in [3.8, 4) is 5.88 Å². The maximum absolute atomic E-state index is 12.1. The zero-order valence-electron chi connectivity index (χ0n) is 12.2. The van der Waals surface area contributed by atoms with Gasteiger partial charge < -0.3 is 4.74 Å². The van der Waals surface area contributed by atoms with Crippen molar-refractivity contribution in [2.45, 2.75) is 36.4 Å². The number of hydrogen-bond acceptors (Lipinski definition) is 5. The van der Waals surface area contributed by atoms with E-state index in [1.807, 2.05) is 30.0 Å². The Morgan fingerprint density at radius 2 is 2.19 bits per heavy atom. The van der Waals surface area contributed by atoms with E-state index in [4.69, 9.17) is 4.74 Å². The highest BCUT2D eigenvalue weighted by atomic mass is 32.2. The highest BCUT2D eigenvalue weighted by Gasteiger charge is 2.53. The first-order valence-electron chi connectivity index (χ1n) is 7.12. The Kier molecular flexibility index (Phi) is 3.92. The third-order valence-corrected chi connectivity index (χ3v) is 7.73. The van der Waals surface area contributed by atoms with Gasteiger partial charge in [-0.15, -0.1) is 11.8 Å². The van der Waals surface area contributed by atoms with E-state index < -0.39 is 10.0 Å². The van der Waals surface area contributed by atoms with Crippen LogP contribution in [0.1, 0.15) is 20.3 Å². The van der Waals surface area contributed by atoms with E-state index in [0.29, 0.717) is 19.0 Å². The molecule has 3 rings (SSSR count). The number of thioether (sulfide) groups is 1. The van der Waals surface area contributed by atoms with Crippen molar-refractivity contribution in [1.82, 2.24) is 9.29 Å². The SMILES string of the molecule is CC(C)S(=O)(=O)N1CC2(C[C@@H](Oc3ccccn3)CS2)C1. The topological polar surface area (TPSA) is 59.5 Å². The van der Waals surface area contributed by atoms with Crippen LogP contribution >= 0.6 is 11.8 Å². The van der Waals surface area contributed by atoms with Crippen molar-refractivity contribution >= 4 is 21.8 Å². The van der Waals surface area contributed by atoms with Crippen LogP contribution in [0, 0.1) is 0 Å².